The minimum absolute atomic E-state index is 0.0207. The highest BCUT2D eigenvalue weighted by Crippen LogP contribution is 2.38. The standard InChI is InChI=1S/C23H29Cl3N2O6S/c1-27(35-34-20-10-21(25)23(22(26)11-20)33-14-17(29)12-24)16-2-4-19(5-3-16)32-15-18(30)13-28-6-8-31-9-7-28/h2-5,10-11,17-18,29-30H,6-9,12-15H2,1H3. The maximum Gasteiger partial charge on any atom is 0.179 e. The van der Waals surface area contributed by atoms with Gasteiger partial charge in [-0.15, -0.1) is 11.6 Å². The largest absolute Gasteiger partial charge is 0.491 e. The van der Waals surface area contributed by atoms with Crippen LogP contribution in [0.15, 0.2) is 36.4 Å². The highest BCUT2D eigenvalue weighted by molar-refractivity contribution is 7.96. The van der Waals surface area contributed by atoms with Crippen LogP contribution in [0.1, 0.15) is 0 Å². The lowest BCUT2D eigenvalue weighted by Gasteiger charge is -2.28. The van der Waals surface area contributed by atoms with Gasteiger partial charge in [0, 0.05) is 44.5 Å². The van der Waals surface area contributed by atoms with Gasteiger partial charge in [0.25, 0.3) is 0 Å². The van der Waals surface area contributed by atoms with Gasteiger partial charge in [-0.25, -0.2) is 0 Å². The summed E-state index contributed by atoms with van der Waals surface area (Å²) in [4.78, 5) is 2.17. The number of nitrogens with zero attached hydrogens (tertiary/aromatic N) is 2. The summed E-state index contributed by atoms with van der Waals surface area (Å²) in [7, 11) is 1.85. The predicted molar refractivity (Wildman–Crippen MR) is 141 cm³/mol. The Morgan fingerprint density at radius 2 is 1.63 bits per heavy atom. The van der Waals surface area contributed by atoms with Crippen molar-refractivity contribution in [1.82, 2.24) is 4.90 Å². The van der Waals surface area contributed by atoms with Crippen LogP contribution in [-0.2, 0) is 4.74 Å². The second kappa shape index (κ2) is 14.4. The molecule has 194 valence electrons. The van der Waals surface area contributed by atoms with Crippen LogP contribution in [0.4, 0.5) is 5.69 Å². The first-order chi connectivity index (χ1) is 16.9. The molecule has 0 saturated carbocycles. The summed E-state index contributed by atoms with van der Waals surface area (Å²) >= 11 is 19.2. The van der Waals surface area contributed by atoms with E-state index in [1.165, 1.54) is 0 Å². The van der Waals surface area contributed by atoms with Crippen LogP contribution in [0, 0.1) is 0 Å². The fraction of sp³-hybridized carbons (Fsp3) is 0.478. The van der Waals surface area contributed by atoms with Crippen molar-refractivity contribution in [2.75, 3.05) is 63.3 Å². The van der Waals surface area contributed by atoms with Crippen LogP contribution in [-0.4, -0.2) is 86.3 Å². The van der Waals surface area contributed by atoms with Gasteiger partial charge in [-0.3, -0.25) is 9.21 Å². The minimum atomic E-state index is -0.819. The van der Waals surface area contributed by atoms with Crippen LogP contribution < -0.4 is 18.0 Å². The molecule has 0 aromatic heterocycles. The zero-order valence-electron chi connectivity index (χ0n) is 19.2. The molecule has 0 aliphatic carbocycles. The van der Waals surface area contributed by atoms with E-state index in [1.807, 2.05) is 35.6 Å². The lowest BCUT2D eigenvalue weighted by Crippen LogP contribution is -2.42. The van der Waals surface area contributed by atoms with Gasteiger partial charge in [0.05, 0.1) is 29.1 Å². The van der Waals surface area contributed by atoms with E-state index in [2.05, 4.69) is 4.90 Å². The Morgan fingerprint density at radius 3 is 2.26 bits per heavy atom. The Hall–Kier alpha value is -1.30. The molecule has 35 heavy (non-hydrogen) atoms. The fourth-order valence-corrected chi connectivity index (χ4v) is 4.33. The predicted octanol–water partition coefficient (Wildman–Crippen LogP) is 4.12. The van der Waals surface area contributed by atoms with Gasteiger partial charge in [0.1, 0.15) is 36.9 Å². The number of ether oxygens (including phenoxy) is 3. The van der Waals surface area contributed by atoms with E-state index in [9.17, 15) is 10.2 Å². The molecule has 1 heterocycles. The fourth-order valence-electron chi connectivity index (χ4n) is 3.17. The molecular formula is C23H29Cl3N2O6S. The molecule has 2 aromatic carbocycles. The number of aliphatic hydroxyl groups excluding tert-OH is 2. The second-order valence-electron chi connectivity index (χ2n) is 7.86. The monoisotopic (exact) mass is 566 g/mol. The molecule has 1 fully saturated rings. The zero-order chi connectivity index (χ0) is 25.2. The quantitative estimate of drug-likeness (QED) is 0.211. The second-order valence-corrected chi connectivity index (χ2v) is 9.85. The van der Waals surface area contributed by atoms with Crippen LogP contribution in [0.25, 0.3) is 0 Å². The molecule has 1 aliphatic rings. The molecule has 2 atom stereocenters. The molecular weight excluding hydrogens is 539 g/mol. The van der Waals surface area contributed by atoms with Gasteiger partial charge in [-0.1, -0.05) is 23.2 Å². The Balaban J connectivity index is 1.45. The van der Waals surface area contributed by atoms with Crippen molar-refractivity contribution >= 4 is 52.7 Å². The van der Waals surface area contributed by atoms with Gasteiger partial charge < -0.3 is 28.6 Å². The summed E-state index contributed by atoms with van der Waals surface area (Å²) in [6, 6.07) is 10.6. The molecule has 12 heteroatoms. The highest BCUT2D eigenvalue weighted by atomic mass is 35.5. The molecule has 0 bridgehead atoms. The number of halogens is 3. The molecule has 0 radical (unpaired) electrons. The molecule has 0 amide bonds. The molecule has 1 aliphatic heterocycles. The number of aliphatic hydroxyl groups is 2. The average Bonchev–Trinajstić information content (AvgIpc) is 2.86. The van der Waals surface area contributed by atoms with E-state index in [4.69, 9.17) is 53.2 Å². The molecule has 3 rings (SSSR count). The number of alkyl halides is 1. The number of hydrogen-bond acceptors (Lipinski definition) is 9. The first-order valence-electron chi connectivity index (χ1n) is 11.0. The maximum atomic E-state index is 10.2. The summed E-state index contributed by atoms with van der Waals surface area (Å²) in [6.45, 7) is 3.81. The van der Waals surface area contributed by atoms with Gasteiger partial charge in [-0.05, 0) is 24.3 Å². The first kappa shape index (κ1) is 28.3. The van der Waals surface area contributed by atoms with Crippen molar-refractivity contribution in [3.05, 3.63) is 46.4 Å². The Labute approximate surface area is 224 Å². The topological polar surface area (TPSA) is 83.9 Å². The van der Waals surface area contributed by atoms with Crippen LogP contribution >= 0.6 is 47.0 Å². The average molecular weight is 568 g/mol. The lowest BCUT2D eigenvalue weighted by molar-refractivity contribution is 0.00465. The van der Waals surface area contributed by atoms with Crippen LogP contribution in [0.5, 0.6) is 17.2 Å². The van der Waals surface area contributed by atoms with Crippen molar-refractivity contribution in [1.29, 1.82) is 0 Å². The zero-order valence-corrected chi connectivity index (χ0v) is 22.3. The number of hydrogen-bond donors (Lipinski definition) is 2. The van der Waals surface area contributed by atoms with Gasteiger partial charge in [-0.2, -0.15) is 0 Å². The third kappa shape index (κ3) is 9.26. The van der Waals surface area contributed by atoms with Crippen LogP contribution in [0.2, 0.25) is 10.0 Å². The third-order valence-electron chi connectivity index (χ3n) is 5.03. The third-order valence-corrected chi connectivity index (χ3v) is 6.65. The number of morpholine rings is 1. The SMILES string of the molecule is CN(SOc1cc(Cl)c(OCC(O)CCl)c(Cl)c1)c1ccc(OCC(O)CN2CCOCC2)cc1. The first-order valence-corrected chi connectivity index (χ1v) is 13.0. The van der Waals surface area contributed by atoms with Gasteiger partial charge in [0.2, 0.25) is 0 Å². The smallest absolute Gasteiger partial charge is 0.179 e. The summed E-state index contributed by atoms with van der Waals surface area (Å²) in [5, 5.41) is 20.3. The Morgan fingerprint density at radius 1 is 1.00 bits per heavy atom. The molecule has 1 saturated heterocycles. The van der Waals surface area contributed by atoms with E-state index >= 15 is 0 Å². The summed E-state index contributed by atoms with van der Waals surface area (Å²) < 4.78 is 24.0. The number of rotatable bonds is 13. The number of anilines is 1. The van der Waals surface area contributed by atoms with E-state index in [1.54, 1.807) is 12.1 Å². The van der Waals surface area contributed by atoms with Crippen molar-refractivity contribution in [3.8, 4) is 17.2 Å². The lowest BCUT2D eigenvalue weighted by atomic mass is 10.3. The van der Waals surface area contributed by atoms with E-state index in [0.29, 0.717) is 31.3 Å². The summed E-state index contributed by atoms with van der Waals surface area (Å²) in [5.41, 5.74) is 0.878. The van der Waals surface area contributed by atoms with Crippen molar-refractivity contribution in [2.24, 2.45) is 0 Å². The van der Waals surface area contributed by atoms with Gasteiger partial charge >= 0.3 is 0 Å². The number of benzene rings is 2. The maximum absolute atomic E-state index is 10.2. The Kier molecular flexibility index (Phi) is 11.7. The van der Waals surface area contributed by atoms with Crippen molar-refractivity contribution < 1.29 is 28.6 Å². The molecule has 2 aromatic rings. The Bertz CT molecular complexity index is 898. The minimum Gasteiger partial charge on any atom is -0.491 e. The molecule has 8 nitrogen and oxygen atoms in total. The van der Waals surface area contributed by atoms with Crippen molar-refractivity contribution in [2.45, 2.75) is 12.2 Å². The summed E-state index contributed by atoms with van der Waals surface area (Å²) in [5.74, 6) is 1.41. The van der Waals surface area contributed by atoms with Gasteiger partial charge in [0.15, 0.2) is 18.0 Å². The highest BCUT2D eigenvalue weighted by Gasteiger charge is 2.16. The van der Waals surface area contributed by atoms with E-state index in [0.717, 1.165) is 31.0 Å². The molecule has 2 N–H and O–H groups in total. The van der Waals surface area contributed by atoms with Crippen LogP contribution in [0.3, 0.4) is 0 Å². The normalized spacial score (nSPS) is 15.9. The summed E-state index contributed by atoms with van der Waals surface area (Å²) in [6.07, 6.45) is -1.39. The number of β-amino-alcohol motifs (C(OH)–C–C–N with tert-alkyl or cyclic N) is 1. The van der Waals surface area contributed by atoms with E-state index in [-0.39, 0.29) is 34.9 Å². The molecule has 2 unspecified atom stereocenters. The molecule has 0 spiro atoms. The van der Waals surface area contributed by atoms with E-state index < -0.39 is 12.2 Å². The van der Waals surface area contributed by atoms with Crippen molar-refractivity contribution in [3.63, 3.8) is 0 Å².